The number of benzene rings is 4. The number of aromatic nitrogens is 2. The number of methoxy groups -OCH3 is 1. The third-order valence-corrected chi connectivity index (χ3v) is 6.25. The van der Waals surface area contributed by atoms with Crippen molar-refractivity contribution in [3.05, 3.63) is 113 Å². The van der Waals surface area contributed by atoms with Gasteiger partial charge in [-0.2, -0.15) is 5.10 Å². The smallest absolute Gasteiger partial charge is 0.337 e. The zero-order valence-electron chi connectivity index (χ0n) is 19.6. The van der Waals surface area contributed by atoms with Gasteiger partial charge in [0.1, 0.15) is 0 Å². The highest BCUT2D eigenvalue weighted by molar-refractivity contribution is 6.34. The lowest BCUT2D eigenvalue weighted by Crippen LogP contribution is -2.32. The molecule has 0 radical (unpaired) electrons. The molecule has 0 aliphatic rings. The Labute approximate surface area is 222 Å². The molecule has 9 heteroatoms. The molecule has 0 atom stereocenters. The molecular formula is C28H20Cl2N4O3. The molecule has 0 saturated carbocycles. The van der Waals surface area contributed by atoms with E-state index in [4.69, 9.17) is 33.0 Å². The van der Waals surface area contributed by atoms with Crippen LogP contribution < -0.4 is 10.2 Å². The Balaban J connectivity index is 1.65. The number of nitrogens with one attached hydrogen (secondary N) is 1. The van der Waals surface area contributed by atoms with Gasteiger partial charge in [-0.3, -0.25) is 0 Å². The number of ether oxygens (including phenoxy) is 1. The summed E-state index contributed by atoms with van der Waals surface area (Å²) in [6, 6.07) is 28.1. The number of hydrogen-bond acceptors (Lipinski definition) is 4. The molecule has 184 valence electrons. The number of hydrogen-bond donors (Lipinski definition) is 1. The fraction of sp³-hybridized carbons (Fsp3) is 0.0357. The summed E-state index contributed by atoms with van der Waals surface area (Å²) in [5.41, 5.74) is 2.66. The number of para-hydroxylation sites is 1. The van der Waals surface area contributed by atoms with E-state index in [1.807, 2.05) is 66.7 Å². The minimum absolute atomic E-state index is 0.195. The number of esters is 1. The zero-order chi connectivity index (χ0) is 25.9. The fourth-order valence-electron chi connectivity index (χ4n) is 3.94. The van der Waals surface area contributed by atoms with E-state index in [1.165, 1.54) is 24.1 Å². The van der Waals surface area contributed by atoms with Crippen molar-refractivity contribution in [2.45, 2.75) is 0 Å². The Morgan fingerprint density at radius 3 is 2.30 bits per heavy atom. The Hall–Kier alpha value is -4.33. The number of halogens is 2. The fourth-order valence-corrected chi connectivity index (χ4v) is 4.30. The molecule has 0 unspecified atom stereocenters. The van der Waals surface area contributed by atoms with Crippen molar-refractivity contribution in [2.24, 2.45) is 0 Å². The van der Waals surface area contributed by atoms with Gasteiger partial charge in [0.15, 0.2) is 5.82 Å². The Kier molecular flexibility index (Phi) is 6.81. The second-order valence-electron chi connectivity index (χ2n) is 8.02. The number of amides is 2. The average molecular weight is 531 g/mol. The lowest BCUT2D eigenvalue weighted by Gasteiger charge is -2.25. The molecule has 1 N–H and O–H groups in total. The predicted molar refractivity (Wildman–Crippen MR) is 146 cm³/mol. The van der Waals surface area contributed by atoms with Crippen LogP contribution in [0.4, 0.5) is 22.0 Å². The first kappa shape index (κ1) is 24.4. The topological polar surface area (TPSA) is 76.5 Å². The molecule has 1 aromatic heterocycles. The Bertz CT molecular complexity index is 1600. The van der Waals surface area contributed by atoms with Crippen LogP contribution in [0.2, 0.25) is 10.0 Å². The molecule has 0 aliphatic heterocycles. The SMILES string of the molecule is COC(=O)c1ccc(NC(=O)N(c2ccccc2)c2c3ccccc3nn2-c2ccc(Cl)cc2)c(Cl)c1. The number of anilines is 3. The first-order chi connectivity index (χ1) is 18.0. The molecule has 0 saturated heterocycles. The second-order valence-corrected chi connectivity index (χ2v) is 8.86. The third kappa shape index (κ3) is 4.87. The molecule has 0 fully saturated rings. The van der Waals surface area contributed by atoms with E-state index < -0.39 is 12.0 Å². The maximum absolute atomic E-state index is 13.9. The molecule has 0 spiro atoms. The van der Waals surface area contributed by atoms with Crippen LogP contribution in [0.3, 0.4) is 0 Å². The summed E-state index contributed by atoms with van der Waals surface area (Å²) < 4.78 is 6.45. The Morgan fingerprint density at radius 1 is 0.892 bits per heavy atom. The van der Waals surface area contributed by atoms with Gasteiger partial charge in [0, 0.05) is 10.4 Å². The summed E-state index contributed by atoms with van der Waals surface area (Å²) in [7, 11) is 1.29. The molecule has 1 heterocycles. The predicted octanol–water partition coefficient (Wildman–Crippen LogP) is 7.49. The number of rotatable bonds is 5. The van der Waals surface area contributed by atoms with Crippen molar-refractivity contribution < 1.29 is 14.3 Å². The summed E-state index contributed by atoms with van der Waals surface area (Å²) in [5, 5.41) is 9.20. The zero-order valence-corrected chi connectivity index (χ0v) is 21.1. The van der Waals surface area contributed by atoms with Crippen LogP contribution in [0.15, 0.2) is 97.1 Å². The molecule has 5 rings (SSSR count). The summed E-state index contributed by atoms with van der Waals surface area (Å²) in [6.45, 7) is 0. The van der Waals surface area contributed by atoms with Gasteiger partial charge in [0.25, 0.3) is 0 Å². The summed E-state index contributed by atoms with van der Waals surface area (Å²) in [5.74, 6) is 0.00736. The molecule has 5 aromatic rings. The molecule has 0 aliphatic carbocycles. The quantitative estimate of drug-likeness (QED) is 0.239. The van der Waals surface area contributed by atoms with Gasteiger partial charge in [0.2, 0.25) is 0 Å². The van der Waals surface area contributed by atoms with Gasteiger partial charge in [-0.05, 0) is 66.7 Å². The van der Waals surface area contributed by atoms with Crippen LogP contribution in [0.5, 0.6) is 0 Å². The maximum atomic E-state index is 13.9. The van der Waals surface area contributed by atoms with Crippen LogP contribution in [0.25, 0.3) is 16.6 Å². The monoisotopic (exact) mass is 530 g/mol. The normalized spacial score (nSPS) is 10.8. The highest BCUT2D eigenvalue weighted by Gasteiger charge is 2.26. The van der Waals surface area contributed by atoms with E-state index >= 15 is 0 Å². The Morgan fingerprint density at radius 2 is 1.59 bits per heavy atom. The number of urea groups is 1. The van der Waals surface area contributed by atoms with E-state index in [9.17, 15) is 9.59 Å². The van der Waals surface area contributed by atoms with Crippen molar-refractivity contribution >= 4 is 63.3 Å². The highest BCUT2D eigenvalue weighted by Crippen LogP contribution is 2.36. The van der Waals surface area contributed by atoms with Gasteiger partial charge in [-0.25, -0.2) is 19.2 Å². The van der Waals surface area contributed by atoms with E-state index in [1.54, 1.807) is 22.9 Å². The van der Waals surface area contributed by atoms with Crippen molar-refractivity contribution in [2.75, 3.05) is 17.3 Å². The van der Waals surface area contributed by atoms with Crippen LogP contribution in [-0.4, -0.2) is 28.9 Å². The highest BCUT2D eigenvalue weighted by atomic mass is 35.5. The third-order valence-electron chi connectivity index (χ3n) is 5.69. The van der Waals surface area contributed by atoms with Gasteiger partial charge in [-0.1, -0.05) is 53.5 Å². The van der Waals surface area contributed by atoms with Crippen molar-refractivity contribution in [3.8, 4) is 5.69 Å². The van der Waals surface area contributed by atoms with Gasteiger partial charge >= 0.3 is 12.0 Å². The number of fused-ring (bicyclic) bond motifs is 1. The maximum Gasteiger partial charge on any atom is 0.337 e. The van der Waals surface area contributed by atoms with Crippen LogP contribution in [0, 0.1) is 0 Å². The van der Waals surface area contributed by atoms with Crippen LogP contribution in [0.1, 0.15) is 10.4 Å². The molecular weight excluding hydrogens is 511 g/mol. The molecule has 7 nitrogen and oxygen atoms in total. The second kappa shape index (κ2) is 10.3. The molecule has 37 heavy (non-hydrogen) atoms. The van der Waals surface area contributed by atoms with Gasteiger partial charge < -0.3 is 10.1 Å². The minimum Gasteiger partial charge on any atom is -0.465 e. The lowest BCUT2D eigenvalue weighted by atomic mass is 10.2. The summed E-state index contributed by atoms with van der Waals surface area (Å²) >= 11 is 12.5. The molecule has 4 aromatic carbocycles. The first-order valence-electron chi connectivity index (χ1n) is 11.2. The van der Waals surface area contributed by atoms with Gasteiger partial charge in [0.05, 0.1) is 40.3 Å². The van der Waals surface area contributed by atoms with E-state index in [0.717, 1.165) is 11.1 Å². The average Bonchev–Trinajstić information content (AvgIpc) is 3.29. The first-order valence-corrected chi connectivity index (χ1v) is 12.0. The van der Waals surface area contributed by atoms with Crippen molar-refractivity contribution in [3.63, 3.8) is 0 Å². The van der Waals surface area contributed by atoms with Crippen LogP contribution >= 0.6 is 23.2 Å². The van der Waals surface area contributed by atoms with E-state index in [2.05, 4.69) is 5.32 Å². The van der Waals surface area contributed by atoms with Crippen LogP contribution in [-0.2, 0) is 4.74 Å². The number of nitrogens with zero attached hydrogens (tertiary/aromatic N) is 3. The molecule has 0 bridgehead atoms. The standard InChI is InChI=1S/C28H20Cl2N4O3/c1-37-27(35)18-11-16-25(23(30)17-18)31-28(36)33(20-7-3-2-4-8-20)26-22-9-5-6-10-24(22)32-34(26)21-14-12-19(29)13-15-21/h2-17H,1H3,(H,31,36). The van der Waals surface area contributed by atoms with E-state index in [0.29, 0.717) is 27.7 Å². The van der Waals surface area contributed by atoms with Crippen molar-refractivity contribution in [1.29, 1.82) is 0 Å². The summed E-state index contributed by atoms with van der Waals surface area (Å²) in [4.78, 5) is 27.3. The summed E-state index contributed by atoms with van der Waals surface area (Å²) in [6.07, 6.45) is 0. The van der Waals surface area contributed by atoms with Gasteiger partial charge in [-0.15, -0.1) is 0 Å². The van der Waals surface area contributed by atoms with Crippen molar-refractivity contribution in [1.82, 2.24) is 9.78 Å². The molecule has 2 amide bonds. The lowest BCUT2D eigenvalue weighted by molar-refractivity contribution is 0.0600. The largest absolute Gasteiger partial charge is 0.465 e. The number of carbonyl (C=O) groups excluding carboxylic acids is 2. The van der Waals surface area contributed by atoms with E-state index in [-0.39, 0.29) is 10.6 Å². The minimum atomic E-state index is -0.524. The number of carbonyl (C=O) groups is 2.